The van der Waals surface area contributed by atoms with Crippen LogP contribution in [0.1, 0.15) is 73.4 Å². The van der Waals surface area contributed by atoms with Crippen molar-refractivity contribution in [3.8, 4) is 34.8 Å². The maximum atomic E-state index is 10.8. The summed E-state index contributed by atoms with van der Waals surface area (Å²) in [5.41, 5.74) is 3.79. The summed E-state index contributed by atoms with van der Waals surface area (Å²) in [5.74, 6) is 1.17. The van der Waals surface area contributed by atoms with Crippen molar-refractivity contribution >= 4 is 41.1 Å². The molecule has 10 nitrogen and oxygen atoms in total. The second-order valence-corrected chi connectivity index (χ2v) is 12.2. The number of hydrogen-bond acceptors (Lipinski definition) is 10. The highest BCUT2D eigenvalue weighted by Gasteiger charge is 2.51. The van der Waals surface area contributed by atoms with E-state index < -0.39 is 7.12 Å². The van der Waals surface area contributed by atoms with Crippen LogP contribution >= 0.6 is 15.9 Å². The summed E-state index contributed by atoms with van der Waals surface area (Å²) in [5, 5.41) is 17.7. The van der Waals surface area contributed by atoms with Gasteiger partial charge in [0.2, 0.25) is 0 Å². The lowest BCUT2D eigenvalue weighted by Crippen LogP contribution is -2.41. The highest BCUT2D eigenvalue weighted by molar-refractivity contribution is 9.10. The molecule has 5 rings (SSSR count). The lowest BCUT2D eigenvalue weighted by Gasteiger charge is -2.32. The van der Waals surface area contributed by atoms with Crippen molar-refractivity contribution in [1.82, 2.24) is 9.97 Å². The zero-order valence-electron chi connectivity index (χ0n) is 27.7. The molecule has 246 valence electrons. The molecular formula is C36H36BBrN4O6. The van der Waals surface area contributed by atoms with Gasteiger partial charge in [0.05, 0.1) is 35.5 Å². The van der Waals surface area contributed by atoms with Crippen LogP contribution in [-0.2, 0) is 9.31 Å². The molecular weight excluding hydrogens is 675 g/mol. The maximum Gasteiger partial charge on any atom is 0.496 e. The highest BCUT2D eigenvalue weighted by Crippen LogP contribution is 2.36. The van der Waals surface area contributed by atoms with Gasteiger partial charge in [-0.05, 0) is 89.6 Å². The minimum atomic E-state index is -0.465. The summed E-state index contributed by atoms with van der Waals surface area (Å²) in [7, 11) is -0.465. The number of rotatable bonds is 8. The van der Waals surface area contributed by atoms with Gasteiger partial charge in [0, 0.05) is 51.4 Å². The number of nitriles is 2. The molecule has 3 heterocycles. The van der Waals surface area contributed by atoms with Crippen molar-refractivity contribution in [1.29, 1.82) is 10.5 Å². The first-order valence-electron chi connectivity index (χ1n) is 15.1. The van der Waals surface area contributed by atoms with E-state index in [2.05, 4.69) is 38.0 Å². The molecule has 0 radical (unpaired) electrons. The lowest BCUT2D eigenvalue weighted by atomic mass is 9.80. The summed E-state index contributed by atoms with van der Waals surface area (Å²) < 4.78 is 23.4. The molecule has 1 aliphatic heterocycles. The number of halogens is 1. The molecule has 2 aromatic heterocycles. The van der Waals surface area contributed by atoms with Gasteiger partial charge in [0.15, 0.2) is 12.6 Å². The Hall–Kier alpha value is -4.88. The van der Waals surface area contributed by atoms with E-state index in [4.69, 9.17) is 29.3 Å². The van der Waals surface area contributed by atoms with Gasteiger partial charge in [-0.2, -0.15) is 10.5 Å². The Balaban J connectivity index is 0.000000200. The molecule has 0 bridgehead atoms. The van der Waals surface area contributed by atoms with Crippen LogP contribution in [0.4, 0.5) is 0 Å². The van der Waals surface area contributed by atoms with Crippen LogP contribution in [0.15, 0.2) is 77.8 Å². The molecule has 0 aliphatic carbocycles. The average molecular weight is 711 g/mol. The van der Waals surface area contributed by atoms with Crippen molar-refractivity contribution in [2.24, 2.45) is 0 Å². The standard InChI is InChI=1S/C15H12N2O2.C12H16BNO3.C9H8BrNO/c1-2-19-15-6-12(3-4-13(15)7-16)14-5-11(10-18)8-17-9-14;1-11(2)12(3,4)17-13(16-11)10-5-9(8-15)6-14-7-10;1-2-12-9-5-8(10)4-3-7(9)6-11/h3-6,8-10H,2H2,1H3;5-8H,1-4H3;3-5H,2H2,1H3. The smallest absolute Gasteiger partial charge is 0.492 e. The predicted octanol–water partition coefficient (Wildman–Crippen LogP) is 6.74. The lowest BCUT2D eigenvalue weighted by molar-refractivity contribution is 0.00578. The number of pyridine rings is 2. The van der Waals surface area contributed by atoms with Crippen LogP contribution < -0.4 is 14.9 Å². The molecule has 0 spiro atoms. The molecule has 1 aliphatic rings. The van der Waals surface area contributed by atoms with Crippen LogP contribution in [0.5, 0.6) is 11.5 Å². The summed E-state index contributed by atoms with van der Waals surface area (Å²) >= 11 is 3.31. The van der Waals surface area contributed by atoms with E-state index in [-0.39, 0.29) is 11.2 Å². The number of ether oxygens (including phenoxy) is 2. The predicted molar refractivity (Wildman–Crippen MR) is 186 cm³/mol. The molecule has 0 saturated carbocycles. The summed E-state index contributed by atoms with van der Waals surface area (Å²) in [6.45, 7) is 12.8. The Morgan fingerprint density at radius 2 is 1.27 bits per heavy atom. The van der Waals surface area contributed by atoms with Crippen molar-refractivity contribution in [3.63, 3.8) is 0 Å². The Morgan fingerprint density at radius 3 is 1.81 bits per heavy atom. The largest absolute Gasteiger partial charge is 0.496 e. The van der Waals surface area contributed by atoms with Gasteiger partial charge in [-0.1, -0.05) is 22.0 Å². The second-order valence-electron chi connectivity index (χ2n) is 11.3. The third kappa shape index (κ3) is 9.82. The number of hydrogen-bond donors (Lipinski definition) is 0. The zero-order valence-corrected chi connectivity index (χ0v) is 29.3. The van der Waals surface area contributed by atoms with E-state index >= 15 is 0 Å². The molecule has 48 heavy (non-hydrogen) atoms. The van der Waals surface area contributed by atoms with Crippen LogP contribution in [0.25, 0.3) is 11.1 Å². The molecule has 2 aromatic carbocycles. The third-order valence-corrected chi connectivity index (χ3v) is 7.93. The normalized spacial score (nSPS) is 13.7. The van der Waals surface area contributed by atoms with Gasteiger partial charge in [-0.25, -0.2) is 0 Å². The quantitative estimate of drug-likeness (QED) is 0.142. The summed E-state index contributed by atoms with van der Waals surface area (Å²) in [4.78, 5) is 29.5. The summed E-state index contributed by atoms with van der Waals surface area (Å²) in [6, 6.07) is 18.3. The topological polar surface area (TPSA) is 144 Å². The van der Waals surface area contributed by atoms with Gasteiger partial charge < -0.3 is 18.8 Å². The first kappa shape index (κ1) is 37.6. The maximum absolute atomic E-state index is 10.8. The minimum absolute atomic E-state index is 0.380. The average Bonchev–Trinajstić information content (AvgIpc) is 3.31. The fourth-order valence-corrected chi connectivity index (χ4v) is 4.60. The van der Waals surface area contributed by atoms with Crippen molar-refractivity contribution < 1.29 is 28.4 Å². The fourth-order valence-electron chi connectivity index (χ4n) is 4.26. The molecule has 0 unspecified atom stereocenters. The number of nitrogens with zero attached hydrogens (tertiary/aromatic N) is 4. The van der Waals surface area contributed by atoms with E-state index in [0.29, 0.717) is 47.0 Å². The number of aromatic nitrogens is 2. The van der Waals surface area contributed by atoms with Crippen molar-refractivity contribution in [2.75, 3.05) is 13.2 Å². The number of carbonyl (C=O) groups is 2. The molecule has 0 atom stereocenters. The van der Waals surface area contributed by atoms with Gasteiger partial charge >= 0.3 is 7.12 Å². The summed E-state index contributed by atoms with van der Waals surface area (Å²) in [6.07, 6.45) is 7.87. The second kappa shape index (κ2) is 17.3. The van der Waals surface area contributed by atoms with Gasteiger partial charge in [-0.3, -0.25) is 19.6 Å². The van der Waals surface area contributed by atoms with E-state index in [1.165, 1.54) is 12.4 Å². The van der Waals surface area contributed by atoms with Crippen LogP contribution in [0.3, 0.4) is 0 Å². The van der Waals surface area contributed by atoms with Crippen molar-refractivity contribution in [3.05, 3.63) is 100 Å². The monoisotopic (exact) mass is 710 g/mol. The van der Waals surface area contributed by atoms with E-state index in [1.807, 2.05) is 53.7 Å². The van der Waals surface area contributed by atoms with Crippen molar-refractivity contribution in [2.45, 2.75) is 52.7 Å². The first-order valence-corrected chi connectivity index (χ1v) is 15.9. The first-order chi connectivity index (χ1) is 22.9. The Kier molecular flexibility index (Phi) is 13.6. The van der Waals surface area contributed by atoms with E-state index in [0.717, 1.165) is 33.6 Å². The van der Waals surface area contributed by atoms with Crippen LogP contribution in [-0.4, -0.2) is 54.1 Å². The molecule has 4 aromatic rings. The Bertz CT molecular complexity index is 1800. The van der Waals surface area contributed by atoms with Gasteiger partial charge in [-0.15, -0.1) is 0 Å². The number of benzene rings is 2. The number of carbonyl (C=O) groups excluding carboxylic acids is 2. The molecule has 1 saturated heterocycles. The highest BCUT2D eigenvalue weighted by atomic mass is 79.9. The number of aldehydes is 2. The Morgan fingerprint density at radius 1 is 0.750 bits per heavy atom. The minimum Gasteiger partial charge on any atom is -0.492 e. The fraction of sp³-hybridized carbons (Fsp3) is 0.278. The molecule has 1 fully saturated rings. The molecule has 0 N–H and O–H groups in total. The van der Waals surface area contributed by atoms with E-state index in [1.54, 1.807) is 48.8 Å². The SMILES string of the molecule is CC1(C)OB(c2cncc(C=O)c2)OC1(C)C.CCOc1cc(-c2cncc(C=O)c2)ccc1C#N.CCOc1cc(Br)ccc1C#N. The van der Waals surface area contributed by atoms with Crippen LogP contribution in [0, 0.1) is 22.7 Å². The van der Waals surface area contributed by atoms with Gasteiger partial charge in [0.25, 0.3) is 0 Å². The van der Waals surface area contributed by atoms with Gasteiger partial charge in [0.1, 0.15) is 23.6 Å². The zero-order chi connectivity index (χ0) is 35.3. The van der Waals surface area contributed by atoms with Crippen LogP contribution in [0.2, 0.25) is 0 Å². The van der Waals surface area contributed by atoms with E-state index in [9.17, 15) is 9.59 Å². The third-order valence-electron chi connectivity index (χ3n) is 7.44. The molecule has 0 amide bonds. The molecule has 12 heteroatoms. The Labute approximate surface area is 289 Å².